The molecule has 7 nitrogen and oxygen atoms in total. The molecule has 3 aromatic carbocycles. The molecular weight excluding hydrogens is 517 g/mol. The summed E-state index contributed by atoms with van der Waals surface area (Å²) in [4.78, 5) is 28.8. The van der Waals surface area contributed by atoms with E-state index in [0.29, 0.717) is 24.1 Å². The second kappa shape index (κ2) is 13.0. The van der Waals surface area contributed by atoms with Crippen molar-refractivity contribution in [2.75, 3.05) is 6.54 Å². The average molecular weight is 552 g/mol. The fourth-order valence-corrected chi connectivity index (χ4v) is 5.59. The van der Waals surface area contributed by atoms with E-state index in [4.69, 9.17) is 0 Å². The van der Waals surface area contributed by atoms with Crippen molar-refractivity contribution in [2.24, 2.45) is 0 Å². The molecule has 3 aromatic rings. The Morgan fingerprint density at radius 3 is 2.21 bits per heavy atom. The molecule has 0 aliphatic heterocycles. The first-order chi connectivity index (χ1) is 18.8. The Morgan fingerprint density at radius 1 is 0.949 bits per heavy atom. The van der Waals surface area contributed by atoms with Gasteiger partial charge in [0.25, 0.3) is 0 Å². The fraction of sp³-hybridized carbons (Fsp3) is 0.333. The molecule has 2 N–H and O–H groups in total. The predicted molar refractivity (Wildman–Crippen MR) is 148 cm³/mol. The van der Waals surface area contributed by atoms with Crippen molar-refractivity contribution >= 4 is 21.8 Å². The summed E-state index contributed by atoms with van der Waals surface area (Å²) in [6.07, 6.45) is 2.94. The third kappa shape index (κ3) is 7.97. The Bertz CT molecular complexity index is 1360. The first-order valence-electron chi connectivity index (χ1n) is 13.2. The highest BCUT2D eigenvalue weighted by Crippen LogP contribution is 2.26. The minimum absolute atomic E-state index is 0.0199. The summed E-state index contributed by atoms with van der Waals surface area (Å²) in [5.74, 6) is -0.905. The maximum Gasteiger partial charge on any atom is 0.247 e. The van der Waals surface area contributed by atoms with E-state index in [2.05, 4.69) is 10.0 Å². The van der Waals surface area contributed by atoms with Crippen LogP contribution in [0.2, 0.25) is 0 Å². The number of nitrogens with one attached hydrogen (secondary N) is 2. The third-order valence-corrected chi connectivity index (χ3v) is 8.11. The van der Waals surface area contributed by atoms with E-state index in [-0.39, 0.29) is 41.5 Å². The lowest BCUT2D eigenvalue weighted by molar-refractivity contribution is -0.141. The molecule has 0 saturated heterocycles. The van der Waals surface area contributed by atoms with Crippen LogP contribution in [0, 0.1) is 5.82 Å². The SMILES string of the molecule is CCCNC(=O)[C@@H](c1ccccc1)N(Cc1ccc(F)cc1)C(=O)CCc1ccc(S(=O)(=O)NC2CC2)cc1. The Labute approximate surface area is 229 Å². The highest BCUT2D eigenvalue weighted by atomic mass is 32.2. The third-order valence-electron chi connectivity index (χ3n) is 6.57. The molecule has 1 atom stereocenters. The smallest absolute Gasteiger partial charge is 0.247 e. The second-order valence-electron chi connectivity index (χ2n) is 9.79. The van der Waals surface area contributed by atoms with Gasteiger partial charge in [-0.05, 0) is 66.6 Å². The summed E-state index contributed by atoms with van der Waals surface area (Å²) < 4.78 is 41.1. The van der Waals surface area contributed by atoms with E-state index in [1.54, 1.807) is 36.4 Å². The van der Waals surface area contributed by atoms with Gasteiger partial charge in [-0.3, -0.25) is 9.59 Å². The molecule has 0 aromatic heterocycles. The Balaban J connectivity index is 1.55. The molecule has 0 radical (unpaired) electrons. The molecule has 206 valence electrons. The topological polar surface area (TPSA) is 95.6 Å². The number of hydrogen-bond donors (Lipinski definition) is 2. The summed E-state index contributed by atoms with van der Waals surface area (Å²) in [5, 5.41) is 2.92. The van der Waals surface area contributed by atoms with Crippen molar-refractivity contribution in [2.45, 2.75) is 62.6 Å². The minimum Gasteiger partial charge on any atom is -0.354 e. The van der Waals surface area contributed by atoms with Crippen molar-refractivity contribution in [3.63, 3.8) is 0 Å². The largest absolute Gasteiger partial charge is 0.354 e. The number of rotatable bonds is 13. The predicted octanol–water partition coefficient (Wildman–Crippen LogP) is 4.50. The van der Waals surface area contributed by atoms with E-state index < -0.39 is 16.1 Å². The number of amides is 2. The van der Waals surface area contributed by atoms with E-state index in [1.807, 2.05) is 37.3 Å². The monoisotopic (exact) mass is 551 g/mol. The number of sulfonamides is 1. The first-order valence-corrected chi connectivity index (χ1v) is 14.7. The normalized spacial score (nSPS) is 14.0. The van der Waals surface area contributed by atoms with Crippen LogP contribution in [0.5, 0.6) is 0 Å². The molecule has 4 rings (SSSR count). The van der Waals surface area contributed by atoms with Crippen LogP contribution in [-0.4, -0.2) is 37.7 Å². The molecule has 9 heteroatoms. The summed E-state index contributed by atoms with van der Waals surface area (Å²) in [6.45, 7) is 2.56. The summed E-state index contributed by atoms with van der Waals surface area (Å²) in [6, 6.07) is 20.7. The van der Waals surface area contributed by atoms with Gasteiger partial charge in [0.1, 0.15) is 11.9 Å². The first kappa shape index (κ1) is 28.4. The van der Waals surface area contributed by atoms with E-state index in [9.17, 15) is 22.4 Å². The van der Waals surface area contributed by atoms with Crippen molar-refractivity contribution in [1.29, 1.82) is 0 Å². The van der Waals surface area contributed by atoms with Crippen LogP contribution >= 0.6 is 0 Å². The molecule has 2 amide bonds. The molecule has 1 fully saturated rings. The lowest BCUT2D eigenvalue weighted by Crippen LogP contribution is -2.43. The lowest BCUT2D eigenvalue weighted by atomic mass is 10.0. The van der Waals surface area contributed by atoms with E-state index in [1.165, 1.54) is 17.0 Å². The molecule has 1 saturated carbocycles. The van der Waals surface area contributed by atoms with Crippen LogP contribution in [0.25, 0.3) is 0 Å². The van der Waals surface area contributed by atoms with Gasteiger partial charge in [0.2, 0.25) is 21.8 Å². The van der Waals surface area contributed by atoms with E-state index >= 15 is 0 Å². The van der Waals surface area contributed by atoms with Gasteiger partial charge in [-0.15, -0.1) is 0 Å². The van der Waals surface area contributed by atoms with Crippen LogP contribution in [0.1, 0.15) is 55.3 Å². The van der Waals surface area contributed by atoms with Gasteiger partial charge in [0.05, 0.1) is 4.90 Å². The van der Waals surface area contributed by atoms with Crippen molar-refractivity contribution in [3.05, 3.63) is 101 Å². The van der Waals surface area contributed by atoms with Crippen molar-refractivity contribution in [3.8, 4) is 0 Å². The quantitative estimate of drug-likeness (QED) is 0.327. The molecule has 0 unspecified atom stereocenters. The number of halogens is 1. The lowest BCUT2D eigenvalue weighted by Gasteiger charge is -2.32. The zero-order valence-electron chi connectivity index (χ0n) is 22.0. The van der Waals surface area contributed by atoms with Crippen LogP contribution in [0.4, 0.5) is 4.39 Å². The van der Waals surface area contributed by atoms with Gasteiger partial charge in [-0.2, -0.15) is 0 Å². The highest BCUT2D eigenvalue weighted by molar-refractivity contribution is 7.89. The van der Waals surface area contributed by atoms with Crippen molar-refractivity contribution < 1.29 is 22.4 Å². The molecule has 1 aliphatic carbocycles. The number of benzene rings is 3. The maximum absolute atomic E-state index is 13.7. The summed E-state index contributed by atoms with van der Waals surface area (Å²) in [5.41, 5.74) is 2.19. The molecule has 0 heterocycles. The fourth-order valence-electron chi connectivity index (χ4n) is 4.28. The zero-order valence-corrected chi connectivity index (χ0v) is 22.8. The van der Waals surface area contributed by atoms with Crippen LogP contribution in [-0.2, 0) is 32.6 Å². The zero-order chi connectivity index (χ0) is 27.8. The number of aryl methyl sites for hydroxylation is 1. The molecule has 39 heavy (non-hydrogen) atoms. The van der Waals surface area contributed by atoms with Crippen molar-refractivity contribution in [1.82, 2.24) is 14.9 Å². The van der Waals surface area contributed by atoms with Crippen LogP contribution in [0.15, 0.2) is 83.8 Å². The molecular formula is C30H34FN3O4S. The Kier molecular flexibility index (Phi) is 9.48. The summed E-state index contributed by atoms with van der Waals surface area (Å²) in [7, 11) is -3.55. The van der Waals surface area contributed by atoms with Gasteiger partial charge in [-0.1, -0.05) is 61.5 Å². The molecule has 1 aliphatic rings. The van der Waals surface area contributed by atoms with E-state index in [0.717, 1.165) is 24.8 Å². The summed E-state index contributed by atoms with van der Waals surface area (Å²) >= 11 is 0. The van der Waals surface area contributed by atoms with Gasteiger partial charge < -0.3 is 10.2 Å². The highest BCUT2D eigenvalue weighted by Gasteiger charge is 2.31. The second-order valence-corrected chi connectivity index (χ2v) is 11.5. The van der Waals surface area contributed by atoms with Gasteiger partial charge >= 0.3 is 0 Å². The number of hydrogen-bond acceptors (Lipinski definition) is 4. The molecule has 0 spiro atoms. The number of nitrogens with zero attached hydrogens (tertiary/aromatic N) is 1. The van der Waals surface area contributed by atoms with Crippen LogP contribution < -0.4 is 10.0 Å². The van der Waals surface area contributed by atoms with Gasteiger partial charge in [0, 0.05) is 25.6 Å². The van der Waals surface area contributed by atoms with Gasteiger partial charge in [-0.25, -0.2) is 17.5 Å². The average Bonchev–Trinajstić information content (AvgIpc) is 3.75. The Morgan fingerprint density at radius 2 is 1.59 bits per heavy atom. The van der Waals surface area contributed by atoms with Crippen LogP contribution in [0.3, 0.4) is 0 Å². The maximum atomic E-state index is 13.7. The van der Waals surface area contributed by atoms with Gasteiger partial charge in [0.15, 0.2) is 0 Å². The number of carbonyl (C=O) groups is 2. The Hall–Kier alpha value is -3.56. The standard InChI is InChI=1S/C30H34FN3O4S/c1-2-20-32-30(36)29(24-6-4-3-5-7-24)34(21-23-8-13-25(31)14-9-23)28(35)19-12-22-10-17-27(18-11-22)39(37,38)33-26-15-16-26/h3-11,13-14,17-18,26,29,33H,2,12,15-16,19-21H2,1H3,(H,32,36)/t29-/m1/s1. The number of carbonyl (C=O) groups excluding carboxylic acids is 2. The molecule has 0 bridgehead atoms. The minimum atomic E-state index is -3.55.